The number of carboxylic acids is 1. The zero-order valence-corrected chi connectivity index (χ0v) is 10.4. The first-order chi connectivity index (χ1) is 8.50. The number of carbonyl (C=O) groups is 1. The van der Waals surface area contributed by atoms with Gasteiger partial charge >= 0.3 is 5.97 Å². The van der Waals surface area contributed by atoms with Gasteiger partial charge in [-0.1, -0.05) is 32.0 Å². The van der Waals surface area contributed by atoms with Gasteiger partial charge in [0.1, 0.15) is 0 Å². The lowest BCUT2D eigenvalue weighted by Crippen LogP contribution is -2.24. The van der Waals surface area contributed by atoms with Crippen molar-refractivity contribution < 1.29 is 9.90 Å². The van der Waals surface area contributed by atoms with Gasteiger partial charge in [0.15, 0.2) is 0 Å². The van der Waals surface area contributed by atoms with Crippen LogP contribution in [0, 0.1) is 5.92 Å². The molecule has 0 aliphatic heterocycles. The lowest BCUT2D eigenvalue weighted by atomic mass is 10.1. The third-order valence-corrected chi connectivity index (χ3v) is 2.79. The van der Waals surface area contributed by atoms with Crippen LogP contribution < -0.4 is 5.56 Å². The van der Waals surface area contributed by atoms with E-state index >= 15 is 0 Å². The predicted octanol–water partition coefficient (Wildman–Crippen LogP) is 2.36. The SMILES string of the molecule is CC(C)Cn1cc(C(=O)O)c2ccccc2c1=O. The molecule has 1 aromatic heterocycles. The molecule has 18 heavy (non-hydrogen) atoms. The molecule has 0 fully saturated rings. The van der Waals surface area contributed by atoms with Crippen LogP contribution in [0.15, 0.2) is 35.3 Å². The summed E-state index contributed by atoms with van der Waals surface area (Å²) in [7, 11) is 0. The molecular weight excluding hydrogens is 230 g/mol. The molecule has 0 amide bonds. The number of pyridine rings is 1. The van der Waals surface area contributed by atoms with E-state index in [2.05, 4.69) is 0 Å². The molecule has 94 valence electrons. The fourth-order valence-corrected chi connectivity index (χ4v) is 2.04. The van der Waals surface area contributed by atoms with Gasteiger partial charge in [-0.2, -0.15) is 0 Å². The Hall–Kier alpha value is -2.10. The van der Waals surface area contributed by atoms with Crippen molar-refractivity contribution in [3.05, 3.63) is 46.4 Å². The van der Waals surface area contributed by atoms with Gasteiger partial charge in [0, 0.05) is 23.5 Å². The van der Waals surface area contributed by atoms with Gasteiger partial charge in [0.2, 0.25) is 0 Å². The Balaban J connectivity index is 2.79. The minimum atomic E-state index is -1.01. The van der Waals surface area contributed by atoms with Crippen LogP contribution in [0.25, 0.3) is 10.8 Å². The Morgan fingerprint density at radius 3 is 2.44 bits per heavy atom. The molecule has 0 unspecified atom stereocenters. The first-order valence-corrected chi connectivity index (χ1v) is 5.86. The van der Waals surface area contributed by atoms with Crippen LogP contribution in [0.4, 0.5) is 0 Å². The van der Waals surface area contributed by atoms with Crippen LogP contribution in [0.3, 0.4) is 0 Å². The van der Waals surface area contributed by atoms with E-state index < -0.39 is 5.97 Å². The van der Waals surface area contributed by atoms with Crippen molar-refractivity contribution in [2.24, 2.45) is 5.92 Å². The second-order valence-electron chi connectivity index (χ2n) is 4.74. The van der Waals surface area contributed by atoms with Crippen molar-refractivity contribution in [3.63, 3.8) is 0 Å². The number of benzene rings is 1. The second-order valence-corrected chi connectivity index (χ2v) is 4.74. The van der Waals surface area contributed by atoms with Crippen LogP contribution in [-0.4, -0.2) is 15.6 Å². The smallest absolute Gasteiger partial charge is 0.337 e. The van der Waals surface area contributed by atoms with Crippen LogP contribution >= 0.6 is 0 Å². The summed E-state index contributed by atoms with van der Waals surface area (Å²) in [6, 6.07) is 6.82. The van der Waals surface area contributed by atoms with Gasteiger partial charge in [-0.15, -0.1) is 0 Å². The van der Waals surface area contributed by atoms with Crippen LogP contribution in [0.1, 0.15) is 24.2 Å². The van der Waals surface area contributed by atoms with E-state index in [0.717, 1.165) is 0 Å². The molecule has 4 nitrogen and oxygen atoms in total. The van der Waals surface area contributed by atoms with Gasteiger partial charge in [-0.3, -0.25) is 4.79 Å². The number of hydrogen-bond acceptors (Lipinski definition) is 2. The monoisotopic (exact) mass is 245 g/mol. The second kappa shape index (κ2) is 4.64. The molecule has 0 aliphatic carbocycles. The highest BCUT2D eigenvalue weighted by Gasteiger charge is 2.13. The van der Waals surface area contributed by atoms with Crippen LogP contribution in [-0.2, 0) is 6.54 Å². The highest BCUT2D eigenvalue weighted by molar-refractivity contribution is 6.02. The average molecular weight is 245 g/mol. The standard InChI is InChI=1S/C14H15NO3/c1-9(2)7-15-8-12(14(17)18)10-5-3-4-6-11(10)13(15)16/h3-6,8-9H,7H2,1-2H3,(H,17,18). The van der Waals surface area contributed by atoms with E-state index in [1.54, 1.807) is 24.3 Å². The molecule has 0 bridgehead atoms. The third kappa shape index (κ3) is 2.14. The first kappa shape index (κ1) is 12.4. The van der Waals surface area contributed by atoms with Crippen molar-refractivity contribution in [1.82, 2.24) is 4.57 Å². The first-order valence-electron chi connectivity index (χ1n) is 5.86. The summed E-state index contributed by atoms with van der Waals surface area (Å²) in [6.45, 7) is 4.49. The Labute approximate surface area is 104 Å². The molecule has 0 saturated carbocycles. The zero-order valence-electron chi connectivity index (χ0n) is 10.4. The Morgan fingerprint density at radius 2 is 1.89 bits per heavy atom. The number of aromatic carboxylic acids is 1. The minimum absolute atomic E-state index is 0.135. The average Bonchev–Trinajstić information content (AvgIpc) is 2.32. The Morgan fingerprint density at radius 1 is 1.28 bits per heavy atom. The van der Waals surface area contributed by atoms with E-state index in [0.29, 0.717) is 17.3 Å². The molecule has 4 heteroatoms. The van der Waals surface area contributed by atoms with Gasteiger partial charge in [0.05, 0.1) is 5.56 Å². The largest absolute Gasteiger partial charge is 0.478 e. The summed E-state index contributed by atoms with van der Waals surface area (Å²) in [6.07, 6.45) is 1.44. The molecule has 0 spiro atoms. The van der Waals surface area contributed by atoms with Crippen molar-refractivity contribution in [1.29, 1.82) is 0 Å². The number of rotatable bonds is 3. The third-order valence-electron chi connectivity index (χ3n) is 2.79. The summed E-state index contributed by atoms with van der Waals surface area (Å²) in [4.78, 5) is 23.5. The van der Waals surface area contributed by atoms with Gasteiger partial charge in [0.25, 0.3) is 5.56 Å². The molecule has 0 saturated heterocycles. The molecule has 0 radical (unpaired) electrons. The van der Waals surface area contributed by atoms with Crippen LogP contribution in [0.2, 0.25) is 0 Å². The van der Waals surface area contributed by atoms with Crippen molar-refractivity contribution >= 4 is 16.7 Å². The fourth-order valence-electron chi connectivity index (χ4n) is 2.04. The number of aromatic nitrogens is 1. The maximum atomic E-state index is 12.2. The highest BCUT2D eigenvalue weighted by Crippen LogP contribution is 2.15. The summed E-state index contributed by atoms with van der Waals surface area (Å²) < 4.78 is 1.48. The Bertz CT molecular complexity index is 656. The predicted molar refractivity (Wildman–Crippen MR) is 70.0 cm³/mol. The number of carboxylic acid groups (broad SMARTS) is 1. The molecule has 2 rings (SSSR count). The topological polar surface area (TPSA) is 59.3 Å². The van der Waals surface area contributed by atoms with E-state index in [9.17, 15) is 14.7 Å². The molecule has 1 N–H and O–H groups in total. The van der Waals surface area contributed by atoms with Crippen LogP contribution in [0.5, 0.6) is 0 Å². The van der Waals surface area contributed by atoms with E-state index in [4.69, 9.17) is 0 Å². The van der Waals surface area contributed by atoms with Crippen molar-refractivity contribution in [3.8, 4) is 0 Å². The van der Waals surface area contributed by atoms with Crippen molar-refractivity contribution in [2.75, 3.05) is 0 Å². The summed E-state index contributed by atoms with van der Waals surface area (Å²) in [5.74, 6) is -0.728. The lowest BCUT2D eigenvalue weighted by molar-refractivity contribution is 0.0698. The highest BCUT2D eigenvalue weighted by atomic mass is 16.4. The summed E-state index contributed by atoms with van der Waals surface area (Å²) >= 11 is 0. The molecule has 0 atom stereocenters. The van der Waals surface area contributed by atoms with Crippen molar-refractivity contribution in [2.45, 2.75) is 20.4 Å². The van der Waals surface area contributed by atoms with E-state index in [-0.39, 0.29) is 17.0 Å². The molecule has 1 aromatic carbocycles. The molecule has 2 aromatic rings. The molecular formula is C14H15NO3. The molecule has 1 heterocycles. The maximum absolute atomic E-state index is 12.2. The maximum Gasteiger partial charge on any atom is 0.337 e. The van der Waals surface area contributed by atoms with Gasteiger partial charge < -0.3 is 9.67 Å². The normalized spacial score (nSPS) is 11.1. The van der Waals surface area contributed by atoms with E-state index in [1.807, 2.05) is 13.8 Å². The fraction of sp³-hybridized carbons (Fsp3) is 0.286. The quantitative estimate of drug-likeness (QED) is 0.903. The van der Waals surface area contributed by atoms with E-state index in [1.165, 1.54) is 10.8 Å². The summed E-state index contributed by atoms with van der Waals surface area (Å²) in [5.41, 5.74) is 0.0372. The lowest BCUT2D eigenvalue weighted by Gasteiger charge is -2.11. The summed E-state index contributed by atoms with van der Waals surface area (Å²) in [5, 5.41) is 10.2. The van der Waals surface area contributed by atoms with Gasteiger partial charge in [-0.05, 0) is 12.0 Å². The minimum Gasteiger partial charge on any atom is -0.478 e. The number of nitrogens with zero attached hydrogens (tertiary/aromatic N) is 1. The number of hydrogen-bond donors (Lipinski definition) is 1. The van der Waals surface area contributed by atoms with Gasteiger partial charge in [-0.25, -0.2) is 4.79 Å². The zero-order chi connectivity index (χ0) is 13.3. The molecule has 0 aliphatic rings. The number of fused-ring (bicyclic) bond motifs is 1. The Kier molecular flexibility index (Phi) is 3.19.